The van der Waals surface area contributed by atoms with E-state index in [0.29, 0.717) is 69.2 Å². The number of nitro benzene ring substituents is 1. The van der Waals surface area contributed by atoms with Gasteiger partial charge in [0.2, 0.25) is 5.91 Å². The van der Waals surface area contributed by atoms with Crippen molar-refractivity contribution in [1.29, 1.82) is 0 Å². The maximum atomic E-state index is 14.1. The summed E-state index contributed by atoms with van der Waals surface area (Å²) in [7, 11) is -4.66. The number of hydrogen-bond donors (Lipinski definition) is 2. The van der Waals surface area contributed by atoms with E-state index in [0.717, 1.165) is 61.1 Å². The number of halogens is 1. The standard InChI is InChI=1S/C49H55ClN8O8S/c1-32(59)56-18-14-54(15-19-56)29-33-22-42-44(58(61)62)25-40(26-45(42)65-31-33)67(63,64)53-48(60)41-9-8-38(24-46(41)66-39-23-35-11-13-51-47(35)52-28-39)57-20-16-55(17-21-57)30-36-10-12-49(2,3)27-43(36)34-4-6-37(50)7-5-34/h4-9,11,13,23-26,28,33H,10,12,14-22,27,29-31H2,1-3H3,(H,51,52)(H,53,60)/t33-/m0/s1. The zero-order valence-electron chi connectivity index (χ0n) is 37.9. The average molecular weight is 952 g/mol. The fraction of sp³-hybridized carbons (Fsp3) is 0.408. The van der Waals surface area contributed by atoms with Crippen LogP contribution in [0.1, 0.15) is 61.5 Å². The molecule has 18 heteroatoms. The van der Waals surface area contributed by atoms with Gasteiger partial charge in [-0.1, -0.05) is 43.2 Å². The molecular weight excluding hydrogens is 896 g/mol. The summed E-state index contributed by atoms with van der Waals surface area (Å²) in [6.45, 7) is 13.5. The van der Waals surface area contributed by atoms with Crippen LogP contribution in [0.3, 0.4) is 0 Å². The molecule has 2 saturated heterocycles. The van der Waals surface area contributed by atoms with Crippen molar-refractivity contribution in [2.45, 2.75) is 51.3 Å². The van der Waals surface area contributed by atoms with Crippen LogP contribution in [0.4, 0.5) is 11.4 Å². The fourth-order valence-electron chi connectivity index (χ4n) is 9.76. The lowest BCUT2D eigenvalue weighted by Gasteiger charge is -2.39. The number of pyridine rings is 1. The van der Waals surface area contributed by atoms with E-state index in [2.05, 4.69) is 55.4 Å². The molecule has 0 bridgehead atoms. The molecular formula is C49H55ClN8O8S. The van der Waals surface area contributed by atoms with E-state index in [9.17, 15) is 28.1 Å². The van der Waals surface area contributed by atoms with E-state index in [1.807, 2.05) is 18.2 Å². The molecule has 3 aromatic carbocycles. The second kappa shape index (κ2) is 18.9. The van der Waals surface area contributed by atoms with Crippen LogP contribution in [-0.4, -0.2) is 122 Å². The van der Waals surface area contributed by atoms with Crippen molar-refractivity contribution in [3.8, 4) is 17.2 Å². The van der Waals surface area contributed by atoms with E-state index in [1.54, 1.807) is 36.2 Å². The summed E-state index contributed by atoms with van der Waals surface area (Å²) in [5.41, 5.74) is 5.59. The lowest BCUT2D eigenvalue weighted by atomic mass is 9.72. The zero-order chi connectivity index (χ0) is 47.0. The zero-order valence-corrected chi connectivity index (χ0v) is 39.5. The molecule has 5 aromatic rings. The minimum absolute atomic E-state index is 0.0279. The maximum absolute atomic E-state index is 14.1. The van der Waals surface area contributed by atoms with Gasteiger partial charge in [-0.15, -0.1) is 0 Å². The third-order valence-corrected chi connectivity index (χ3v) is 15.1. The average Bonchev–Trinajstić information content (AvgIpc) is 3.78. The van der Waals surface area contributed by atoms with Crippen LogP contribution in [-0.2, 0) is 21.2 Å². The van der Waals surface area contributed by atoms with Gasteiger partial charge in [0.15, 0.2) is 0 Å². The van der Waals surface area contributed by atoms with Gasteiger partial charge in [0.25, 0.3) is 21.6 Å². The molecule has 2 aromatic heterocycles. The second-order valence-corrected chi connectivity index (χ2v) is 21.0. The Morgan fingerprint density at radius 1 is 0.985 bits per heavy atom. The molecule has 2 N–H and O–H groups in total. The van der Waals surface area contributed by atoms with Crippen molar-refractivity contribution in [2.75, 3.05) is 77.0 Å². The number of aromatic nitrogens is 2. The molecule has 67 heavy (non-hydrogen) atoms. The van der Waals surface area contributed by atoms with Crippen LogP contribution in [0.5, 0.6) is 17.2 Å². The second-order valence-electron chi connectivity index (χ2n) is 18.9. The first kappa shape index (κ1) is 46.1. The van der Waals surface area contributed by atoms with E-state index in [-0.39, 0.29) is 40.9 Å². The van der Waals surface area contributed by atoms with Gasteiger partial charge >= 0.3 is 0 Å². The number of rotatable bonds is 12. The Labute approximate surface area is 395 Å². The van der Waals surface area contributed by atoms with Gasteiger partial charge in [0, 0.05) is 119 Å². The van der Waals surface area contributed by atoms with Crippen molar-refractivity contribution in [3.63, 3.8) is 0 Å². The molecule has 0 spiro atoms. The number of carbonyl (C=O) groups is 2. The first-order valence-corrected chi connectivity index (χ1v) is 24.6. The molecule has 0 radical (unpaired) electrons. The summed E-state index contributed by atoms with van der Waals surface area (Å²) in [5, 5.41) is 13.9. The van der Waals surface area contributed by atoms with Crippen LogP contribution in [0, 0.1) is 21.4 Å². The van der Waals surface area contributed by atoms with Crippen LogP contribution < -0.4 is 19.1 Å². The number of sulfonamides is 1. The molecule has 3 aliphatic heterocycles. The summed E-state index contributed by atoms with van der Waals surface area (Å²) in [6, 6.07) is 19.0. The molecule has 16 nitrogen and oxygen atoms in total. The number of piperazine rings is 2. The van der Waals surface area contributed by atoms with E-state index in [1.165, 1.54) is 35.0 Å². The van der Waals surface area contributed by atoms with E-state index in [4.69, 9.17) is 21.1 Å². The van der Waals surface area contributed by atoms with Crippen LogP contribution in [0.15, 0.2) is 89.6 Å². The Bertz CT molecular complexity index is 2850. The van der Waals surface area contributed by atoms with Crippen molar-refractivity contribution in [2.24, 2.45) is 11.3 Å². The smallest absolute Gasteiger partial charge is 0.277 e. The predicted molar refractivity (Wildman–Crippen MR) is 256 cm³/mol. The van der Waals surface area contributed by atoms with Crippen LogP contribution in [0.25, 0.3) is 16.6 Å². The topological polar surface area (TPSA) is 184 Å². The molecule has 5 heterocycles. The number of nitrogens with one attached hydrogen (secondary N) is 2. The number of fused-ring (bicyclic) bond motifs is 2. The van der Waals surface area contributed by atoms with Gasteiger partial charge in [-0.05, 0) is 78.6 Å². The van der Waals surface area contributed by atoms with Gasteiger partial charge in [-0.3, -0.25) is 29.5 Å². The first-order chi connectivity index (χ1) is 32.1. The predicted octanol–water partition coefficient (Wildman–Crippen LogP) is 7.54. The Morgan fingerprint density at radius 3 is 2.46 bits per heavy atom. The molecule has 2 fully saturated rings. The highest BCUT2D eigenvalue weighted by Gasteiger charge is 2.34. The fourth-order valence-corrected chi connectivity index (χ4v) is 10.9. The SMILES string of the molecule is CC(=O)N1CCN(C[C@H]2COc3cc(S(=O)(=O)NC(=O)c4ccc(N5CCN(CC6=C(c7ccc(Cl)cc7)CC(C)(C)CC6)CC5)cc4Oc4cnc5[nH]ccc5c4)cc([N+](=O)[O-])c3C2)CC1. The van der Waals surface area contributed by atoms with Gasteiger partial charge in [-0.2, -0.15) is 0 Å². The highest BCUT2D eigenvalue weighted by atomic mass is 35.5. The molecule has 1 atom stereocenters. The van der Waals surface area contributed by atoms with Gasteiger partial charge in [0.1, 0.15) is 22.9 Å². The van der Waals surface area contributed by atoms with Gasteiger partial charge in [0.05, 0.1) is 33.7 Å². The number of allylic oxidation sites excluding steroid dienone is 1. The number of anilines is 1. The minimum atomic E-state index is -4.66. The minimum Gasteiger partial charge on any atom is -0.493 e. The molecule has 9 rings (SSSR count). The number of amides is 2. The number of aromatic amines is 1. The lowest BCUT2D eigenvalue weighted by Crippen LogP contribution is -2.50. The largest absolute Gasteiger partial charge is 0.493 e. The summed E-state index contributed by atoms with van der Waals surface area (Å²) in [6.07, 6.45) is 6.75. The van der Waals surface area contributed by atoms with Gasteiger partial charge in [-0.25, -0.2) is 18.1 Å². The van der Waals surface area contributed by atoms with Crippen LogP contribution in [0.2, 0.25) is 5.02 Å². The Balaban J connectivity index is 0.922. The normalized spacial score (nSPS) is 19.2. The number of carbonyl (C=O) groups excluding carboxylic acids is 2. The number of ether oxygens (including phenoxy) is 2. The number of benzene rings is 3. The van der Waals surface area contributed by atoms with E-state index < -0.39 is 31.4 Å². The van der Waals surface area contributed by atoms with E-state index >= 15 is 0 Å². The first-order valence-electron chi connectivity index (χ1n) is 22.8. The monoisotopic (exact) mass is 950 g/mol. The highest BCUT2D eigenvalue weighted by molar-refractivity contribution is 7.90. The van der Waals surface area contributed by atoms with Crippen molar-refractivity contribution < 1.29 is 32.4 Å². The Kier molecular flexibility index (Phi) is 13.0. The molecule has 0 unspecified atom stereocenters. The molecule has 0 saturated carbocycles. The summed E-state index contributed by atoms with van der Waals surface area (Å²) >= 11 is 6.25. The highest BCUT2D eigenvalue weighted by Crippen LogP contribution is 2.44. The Morgan fingerprint density at radius 2 is 1.73 bits per heavy atom. The van der Waals surface area contributed by atoms with Crippen molar-refractivity contribution in [1.82, 2.24) is 29.4 Å². The maximum Gasteiger partial charge on any atom is 0.277 e. The number of nitrogens with zero attached hydrogens (tertiary/aromatic N) is 6. The van der Waals surface area contributed by atoms with Crippen LogP contribution >= 0.6 is 11.6 Å². The van der Waals surface area contributed by atoms with Crippen molar-refractivity contribution in [3.05, 3.63) is 117 Å². The summed E-state index contributed by atoms with van der Waals surface area (Å²) in [5.74, 6) is -0.501. The lowest BCUT2D eigenvalue weighted by molar-refractivity contribution is -0.386. The Hall–Kier alpha value is -6.01. The third-order valence-electron chi connectivity index (χ3n) is 13.5. The van der Waals surface area contributed by atoms with Gasteiger partial charge < -0.3 is 24.3 Å². The van der Waals surface area contributed by atoms with Crippen molar-refractivity contribution >= 4 is 61.4 Å². The number of H-pyrrole nitrogens is 1. The summed E-state index contributed by atoms with van der Waals surface area (Å²) in [4.78, 5) is 53.4. The summed E-state index contributed by atoms with van der Waals surface area (Å²) < 4.78 is 42.4. The molecule has 4 aliphatic rings. The molecule has 352 valence electrons. The quantitative estimate of drug-likeness (QED) is 0.0928. The number of hydrogen-bond acceptors (Lipinski definition) is 12. The molecule has 2 amide bonds. The third kappa shape index (κ3) is 10.4. The number of nitro groups is 1. The molecule has 1 aliphatic carbocycles.